The fourth-order valence-corrected chi connectivity index (χ4v) is 5.15. The van der Waals surface area contributed by atoms with E-state index >= 15 is 0 Å². The summed E-state index contributed by atoms with van der Waals surface area (Å²) in [6, 6.07) is 11.1. The van der Waals surface area contributed by atoms with Crippen LogP contribution in [-0.2, 0) is 21.1 Å². The second-order valence-electron chi connectivity index (χ2n) is 8.00. The fourth-order valence-electron chi connectivity index (χ4n) is 4.52. The molecular formula is C22H26N2O4S. The van der Waals surface area contributed by atoms with Gasteiger partial charge in [-0.3, -0.25) is 9.78 Å². The monoisotopic (exact) mass is 414 g/mol. The van der Waals surface area contributed by atoms with Crippen molar-refractivity contribution in [3.63, 3.8) is 0 Å². The number of nitrogens with zero attached hydrogens (tertiary/aromatic N) is 2. The predicted molar refractivity (Wildman–Crippen MR) is 109 cm³/mol. The quantitative estimate of drug-likeness (QED) is 0.726. The lowest BCUT2D eigenvalue weighted by Crippen LogP contribution is -2.49. The van der Waals surface area contributed by atoms with E-state index in [9.17, 15) is 13.2 Å². The summed E-state index contributed by atoms with van der Waals surface area (Å²) in [7, 11) is -3.19. The molecule has 154 valence electrons. The van der Waals surface area contributed by atoms with Gasteiger partial charge >= 0.3 is 0 Å². The smallest absolute Gasteiger partial charge is 0.223 e. The van der Waals surface area contributed by atoms with E-state index in [4.69, 9.17) is 4.74 Å². The number of fused-ring (bicyclic) bond motifs is 2. The summed E-state index contributed by atoms with van der Waals surface area (Å²) in [5, 5.41) is 0. The summed E-state index contributed by atoms with van der Waals surface area (Å²) in [6.07, 6.45) is 9.64. The van der Waals surface area contributed by atoms with E-state index in [1.807, 2.05) is 12.1 Å². The second kappa shape index (κ2) is 8.14. The van der Waals surface area contributed by atoms with E-state index in [-0.39, 0.29) is 24.1 Å². The number of carbonyl (C=O) groups excluding carboxylic acids is 1. The first-order chi connectivity index (χ1) is 13.9. The molecule has 29 heavy (non-hydrogen) atoms. The van der Waals surface area contributed by atoms with Crippen molar-refractivity contribution in [3.8, 4) is 5.75 Å². The molecule has 2 aliphatic heterocycles. The van der Waals surface area contributed by atoms with Crippen LogP contribution in [0, 0.1) is 0 Å². The molecule has 1 aromatic heterocycles. The van der Waals surface area contributed by atoms with Crippen LogP contribution >= 0.6 is 0 Å². The number of benzene rings is 1. The Kier molecular flexibility index (Phi) is 5.58. The molecule has 1 amide bonds. The van der Waals surface area contributed by atoms with Crippen LogP contribution in [0.1, 0.15) is 37.7 Å². The summed E-state index contributed by atoms with van der Waals surface area (Å²) >= 11 is 0. The predicted octanol–water partition coefficient (Wildman–Crippen LogP) is 3.02. The van der Waals surface area contributed by atoms with Crippen LogP contribution in [0.25, 0.3) is 0 Å². The van der Waals surface area contributed by atoms with Gasteiger partial charge in [-0.2, -0.15) is 0 Å². The van der Waals surface area contributed by atoms with Crippen LogP contribution < -0.4 is 4.74 Å². The van der Waals surface area contributed by atoms with Crippen molar-refractivity contribution in [1.29, 1.82) is 0 Å². The lowest BCUT2D eigenvalue weighted by atomic mass is 9.98. The average molecular weight is 415 g/mol. The van der Waals surface area contributed by atoms with E-state index in [1.54, 1.807) is 36.7 Å². The van der Waals surface area contributed by atoms with E-state index in [0.29, 0.717) is 17.7 Å². The largest absolute Gasteiger partial charge is 0.489 e. The summed E-state index contributed by atoms with van der Waals surface area (Å²) in [6.45, 7) is 0. The maximum atomic E-state index is 12.9. The first-order valence-corrected chi connectivity index (χ1v) is 12.0. The normalized spacial score (nSPS) is 23.8. The zero-order valence-electron chi connectivity index (χ0n) is 16.5. The van der Waals surface area contributed by atoms with Crippen molar-refractivity contribution >= 4 is 15.7 Å². The maximum Gasteiger partial charge on any atom is 0.223 e. The van der Waals surface area contributed by atoms with Gasteiger partial charge in [-0.25, -0.2) is 8.42 Å². The average Bonchev–Trinajstić information content (AvgIpc) is 2.97. The first kappa shape index (κ1) is 19.9. The van der Waals surface area contributed by atoms with Gasteiger partial charge in [-0.05, 0) is 49.1 Å². The summed E-state index contributed by atoms with van der Waals surface area (Å²) in [4.78, 5) is 19.4. The molecule has 4 rings (SSSR count). The standard InChI is InChI=1S/C22H26N2O4S/c1-29(26,27)21-9-4-16(5-10-21)6-11-22(25)24-17-7-8-18(24)14-20(13-17)28-19-3-2-12-23-15-19/h2-5,9-10,12,15,17-18,20H,6-8,11,13-14H2,1H3. The van der Waals surface area contributed by atoms with Crippen LogP contribution in [0.15, 0.2) is 53.7 Å². The Labute approximate surface area is 171 Å². The fraction of sp³-hybridized carbons (Fsp3) is 0.455. The zero-order valence-corrected chi connectivity index (χ0v) is 17.3. The molecule has 2 aromatic rings. The molecule has 0 aliphatic carbocycles. The number of piperidine rings is 1. The number of sulfone groups is 1. The maximum absolute atomic E-state index is 12.9. The molecule has 0 saturated carbocycles. The molecule has 2 bridgehead atoms. The van der Waals surface area contributed by atoms with E-state index in [1.165, 1.54) is 6.26 Å². The van der Waals surface area contributed by atoms with Gasteiger partial charge in [0.05, 0.1) is 11.1 Å². The SMILES string of the molecule is CS(=O)(=O)c1ccc(CCC(=O)N2C3CCC2CC(Oc2cccnc2)C3)cc1. The van der Waals surface area contributed by atoms with Crippen LogP contribution in [0.2, 0.25) is 0 Å². The molecule has 0 N–H and O–H groups in total. The summed E-state index contributed by atoms with van der Waals surface area (Å²) in [5.74, 6) is 0.971. The molecule has 7 heteroatoms. The Morgan fingerprint density at radius 1 is 1.14 bits per heavy atom. The third-order valence-electron chi connectivity index (χ3n) is 5.89. The highest BCUT2D eigenvalue weighted by atomic mass is 32.2. The van der Waals surface area contributed by atoms with Crippen molar-refractivity contribution in [2.24, 2.45) is 0 Å². The number of ether oxygens (including phenoxy) is 1. The molecule has 3 heterocycles. The number of hydrogen-bond donors (Lipinski definition) is 0. The van der Waals surface area contributed by atoms with Crippen molar-refractivity contribution < 1.29 is 17.9 Å². The van der Waals surface area contributed by atoms with E-state index < -0.39 is 9.84 Å². The van der Waals surface area contributed by atoms with E-state index in [0.717, 1.165) is 37.0 Å². The van der Waals surface area contributed by atoms with Crippen LogP contribution in [0.4, 0.5) is 0 Å². The van der Waals surface area contributed by atoms with E-state index in [2.05, 4.69) is 9.88 Å². The van der Waals surface area contributed by atoms with Crippen LogP contribution in [0.3, 0.4) is 0 Å². The summed E-state index contributed by atoms with van der Waals surface area (Å²) in [5.41, 5.74) is 0.980. The number of aryl methyl sites for hydroxylation is 1. The minimum absolute atomic E-state index is 0.129. The molecule has 2 fully saturated rings. The number of carbonyl (C=O) groups is 1. The molecule has 2 saturated heterocycles. The highest BCUT2D eigenvalue weighted by molar-refractivity contribution is 7.90. The number of pyridine rings is 1. The number of aromatic nitrogens is 1. The second-order valence-corrected chi connectivity index (χ2v) is 10.0. The van der Waals surface area contributed by atoms with Gasteiger partial charge in [0.15, 0.2) is 9.84 Å². The third kappa shape index (κ3) is 4.61. The number of hydrogen-bond acceptors (Lipinski definition) is 5. The molecule has 1 aromatic carbocycles. The molecule has 2 atom stereocenters. The van der Waals surface area contributed by atoms with Gasteiger partial charge in [0, 0.05) is 43.8 Å². The minimum Gasteiger partial charge on any atom is -0.489 e. The van der Waals surface area contributed by atoms with Gasteiger partial charge in [0.25, 0.3) is 0 Å². The Balaban J connectivity index is 1.33. The Hall–Kier alpha value is -2.41. The first-order valence-electron chi connectivity index (χ1n) is 10.1. The van der Waals surface area contributed by atoms with Gasteiger partial charge in [0.1, 0.15) is 11.9 Å². The van der Waals surface area contributed by atoms with Crippen molar-refractivity contribution in [1.82, 2.24) is 9.88 Å². The molecule has 2 unspecified atom stereocenters. The lowest BCUT2D eigenvalue weighted by Gasteiger charge is -2.39. The van der Waals surface area contributed by atoms with Crippen molar-refractivity contribution in [2.45, 2.75) is 61.6 Å². The zero-order chi connectivity index (χ0) is 20.4. The molecule has 2 aliphatic rings. The Morgan fingerprint density at radius 3 is 2.41 bits per heavy atom. The number of amides is 1. The molecule has 6 nitrogen and oxygen atoms in total. The summed E-state index contributed by atoms with van der Waals surface area (Å²) < 4.78 is 29.2. The van der Waals surface area contributed by atoms with Gasteiger partial charge in [-0.15, -0.1) is 0 Å². The van der Waals surface area contributed by atoms with Crippen LogP contribution in [0.5, 0.6) is 5.75 Å². The molecular weight excluding hydrogens is 388 g/mol. The van der Waals surface area contributed by atoms with Gasteiger partial charge < -0.3 is 9.64 Å². The third-order valence-corrected chi connectivity index (χ3v) is 7.02. The molecule has 0 radical (unpaired) electrons. The van der Waals surface area contributed by atoms with Crippen molar-refractivity contribution in [3.05, 3.63) is 54.4 Å². The Bertz CT molecular complexity index is 946. The highest BCUT2D eigenvalue weighted by Crippen LogP contribution is 2.37. The number of rotatable bonds is 6. The highest BCUT2D eigenvalue weighted by Gasteiger charge is 2.43. The Morgan fingerprint density at radius 2 is 1.83 bits per heavy atom. The topological polar surface area (TPSA) is 76.6 Å². The van der Waals surface area contributed by atoms with Gasteiger partial charge in [0.2, 0.25) is 5.91 Å². The molecule has 0 spiro atoms. The van der Waals surface area contributed by atoms with Crippen molar-refractivity contribution in [2.75, 3.05) is 6.26 Å². The minimum atomic E-state index is -3.19. The van der Waals surface area contributed by atoms with Crippen LogP contribution in [-0.4, -0.2) is 48.7 Å². The lowest BCUT2D eigenvalue weighted by molar-refractivity contribution is -0.137. The van der Waals surface area contributed by atoms with Gasteiger partial charge in [-0.1, -0.05) is 12.1 Å².